The largest absolute Gasteiger partial charge is 0.399 e. The molecule has 0 radical (unpaired) electrons. The normalized spacial score (nSPS) is 11.4. The number of nitrogen functional groups attached to an aromatic ring is 1. The molecule has 0 spiro atoms. The molecule has 0 fully saturated rings. The van der Waals surface area contributed by atoms with Crippen molar-refractivity contribution in [3.05, 3.63) is 28.8 Å². The Bertz CT molecular complexity index is 449. The number of anilines is 1. The maximum absolute atomic E-state index is 11.9. The van der Waals surface area contributed by atoms with E-state index in [-0.39, 0.29) is 30.0 Å². The van der Waals surface area contributed by atoms with Gasteiger partial charge in [0.05, 0.1) is 10.6 Å². The Balaban J connectivity index is 2.38. The number of amides is 1. The Hall–Kier alpha value is -1.43. The number of alkyl halides is 3. The highest BCUT2D eigenvalue weighted by Gasteiger charge is 2.25. The minimum atomic E-state index is -4.15. The third-order valence-corrected chi connectivity index (χ3v) is 2.74. The second-order valence-electron chi connectivity index (χ2n) is 4.07. The molecule has 0 aliphatic carbocycles. The summed E-state index contributed by atoms with van der Waals surface area (Å²) < 4.78 is 35.7. The second-order valence-corrected chi connectivity index (χ2v) is 4.47. The molecule has 0 unspecified atom stereocenters. The van der Waals surface area contributed by atoms with Gasteiger partial charge in [-0.2, -0.15) is 13.2 Å². The minimum Gasteiger partial charge on any atom is -0.399 e. The van der Waals surface area contributed by atoms with Crippen molar-refractivity contribution in [1.29, 1.82) is 0 Å². The molecule has 0 saturated heterocycles. The summed E-state index contributed by atoms with van der Waals surface area (Å²) in [6, 6.07) is 4.48. The Morgan fingerprint density at radius 1 is 1.32 bits per heavy atom. The molecule has 0 aliphatic rings. The summed E-state index contributed by atoms with van der Waals surface area (Å²) in [5.74, 6) is -0.440. The molecule has 0 aliphatic heterocycles. The average Bonchev–Trinajstić information content (AvgIpc) is 2.30. The molecule has 19 heavy (non-hydrogen) atoms. The van der Waals surface area contributed by atoms with Crippen LogP contribution >= 0.6 is 11.6 Å². The number of halogens is 4. The molecule has 1 aromatic rings. The highest BCUT2D eigenvalue weighted by Crippen LogP contribution is 2.22. The van der Waals surface area contributed by atoms with E-state index in [1.54, 1.807) is 6.07 Å². The fourth-order valence-electron chi connectivity index (χ4n) is 1.46. The molecule has 3 nitrogen and oxygen atoms in total. The van der Waals surface area contributed by atoms with E-state index in [4.69, 9.17) is 17.3 Å². The Morgan fingerprint density at radius 3 is 2.63 bits per heavy atom. The van der Waals surface area contributed by atoms with Gasteiger partial charge in [0.2, 0.25) is 0 Å². The van der Waals surface area contributed by atoms with E-state index in [1.807, 2.05) is 0 Å². The first-order chi connectivity index (χ1) is 8.79. The number of hydrogen-bond donors (Lipinski definition) is 2. The van der Waals surface area contributed by atoms with Crippen molar-refractivity contribution >= 4 is 23.2 Å². The number of unbranched alkanes of at least 4 members (excludes halogenated alkanes) is 1. The summed E-state index contributed by atoms with van der Waals surface area (Å²) in [6.07, 6.45) is -4.76. The first-order valence-corrected chi connectivity index (χ1v) is 6.07. The summed E-state index contributed by atoms with van der Waals surface area (Å²) in [4.78, 5) is 11.7. The van der Waals surface area contributed by atoms with Crippen LogP contribution in [0.2, 0.25) is 5.02 Å². The van der Waals surface area contributed by atoms with Crippen molar-refractivity contribution in [3.63, 3.8) is 0 Å². The van der Waals surface area contributed by atoms with Gasteiger partial charge in [-0.15, -0.1) is 0 Å². The summed E-state index contributed by atoms with van der Waals surface area (Å²) in [7, 11) is 0. The van der Waals surface area contributed by atoms with Gasteiger partial charge in [-0.3, -0.25) is 4.79 Å². The van der Waals surface area contributed by atoms with Crippen LogP contribution in [0.5, 0.6) is 0 Å². The number of hydrogen-bond acceptors (Lipinski definition) is 2. The third-order valence-electron chi connectivity index (χ3n) is 2.41. The van der Waals surface area contributed by atoms with Gasteiger partial charge in [0.25, 0.3) is 5.91 Å². The molecule has 7 heteroatoms. The van der Waals surface area contributed by atoms with Gasteiger partial charge in [0.1, 0.15) is 0 Å². The molecule has 106 valence electrons. The predicted molar refractivity (Wildman–Crippen MR) is 68.1 cm³/mol. The zero-order valence-electron chi connectivity index (χ0n) is 10.1. The van der Waals surface area contributed by atoms with Crippen LogP contribution in [-0.2, 0) is 0 Å². The monoisotopic (exact) mass is 294 g/mol. The molecule has 1 amide bonds. The molecule has 0 aromatic heterocycles. The topological polar surface area (TPSA) is 55.1 Å². The first-order valence-electron chi connectivity index (χ1n) is 5.69. The lowest BCUT2D eigenvalue weighted by Crippen LogP contribution is -2.25. The van der Waals surface area contributed by atoms with E-state index < -0.39 is 18.5 Å². The molecule has 0 atom stereocenters. The van der Waals surface area contributed by atoms with Gasteiger partial charge >= 0.3 is 6.18 Å². The van der Waals surface area contributed by atoms with E-state index in [9.17, 15) is 18.0 Å². The molecule has 1 aromatic carbocycles. The lowest BCUT2D eigenvalue weighted by atomic mass is 10.2. The van der Waals surface area contributed by atoms with Crippen LogP contribution in [0.25, 0.3) is 0 Å². The Labute approximate surface area is 113 Å². The van der Waals surface area contributed by atoms with Crippen molar-refractivity contribution in [2.45, 2.75) is 25.4 Å². The fourth-order valence-corrected chi connectivity index (χ4v) is 1.67. The number of nitrogens with one attached hydrogen (secondary N) is 1. The van der Waals surface area contributed by atoms with Crippen LogP contribution < -0.4 is 11.1 Å². The van der Waals surface area contributed by atoms with Crippen LogP contribution in [0, 0.1) is 0 Å². The summed E-state index contributed by atoms with van der Waals surface area (Å²) in [5, 5.41) is 2.76. The average molecular weight is 295 g/mol. The number of carbonyl (C=O) groups excluding carboxylic acids is 1. The Morgan fingerprint density at radius 2 is 2.00 bits per heavy atom. The molecular formula is C12H14ClF3N2O. The van der Waals surface area contributed by atoms with Crippen LogP contribution in [-0.4, -0.2) is 18.6 Å². The van der Waals surface area contributed by atoms with Crippen molar-refractivity contribution in [2.75, 3.05) is 12.3 Å². The second kappa shape index (κ2) is 6.65. The van der Waals surface area contributed by atoms with Gasteiger partial charge in [0.15, 0.2) is 0 Å². The predicted octanol–water partition coefficient (Wildman–Crippen LogP) is 3.38. The number of benzene rings is 1. The van der Waals surface area contributed by atoms with E-state index in [2.05, 4.69) is 5.32 Å². The molecule has 1 rings (SSSR count). The SMILES string of the molecule is Nc1ccc(Cl)c(C(=O)NCCCCC(F)(F)F)c1. The van der Waals surface area contributed by atoms with Crippen LogP contribution in [0.3, 0.4) is 0 Å². The quantitative estimate of drug-likeness (QED) is 0.646. The maximum atomic E-state index is 11.9. The zero-order valence-corrected chi connectivity index (χ0v) is 10.8. The first kappa shape index (κ1) is 15.6. The van der Waals surface area contributed by atoms with Crippen LogP contribution in [0.1, 0.15) is 29.6 Å². The number of nitrogens with two attached hydrogens (primary N) is 1. The van der Waals surface area contributed by atoms with E-state index in [1.165, 1.54) is 12.1 Å². The van der Waals surface area contributed by atoms with Gasteiger partial charge in [-0.25, -0.2) is 0 Å². The standard InChI is InChI=1S/C12H14ClF3N2O/c13-10-4-3-8(17)7-9(10)11(19)18-6-2-1-5-12(14,15)16/h3-4,7H,1-2,5-6,17H2,(H,18,19). The molecular weight excluding hydrogens is 281 g/mol. The lowest BCUT2D eigenvalue weighted by Gasteiger charge is -2.08. The van der Waals surface area contributed by atoms with Gasteiger partial charge in [-0.05, 0) is 31.0 Å². The summed E-state index contributed by atoms with van der Waals surface area (Å²) >= 11 is 5.83. The fraction of sp³-hybridized carbons (Fsp3) is 0.417. The van der Waals surface area contributed by atoms with Crippen LogP contribution in [0.15, 0.2) is 18.2 Å². The van der Waals surface area contributed by atoms with Crippen LogP contribution in [0.4, 0.5) is 18.9 Å². The Kier molecular flexibility index (Phi) is 5.47. The molecule has 0 saturated carbocycles. The van der Waals surface area contributed by atoms with Crippen molar-refractivity contribution < 1.29 is 18.0 Å². The van der Waals surface area contributed by atoms with E-state index in [0.717, 1.165) is 0 Å². The lowest BCUT2D eigenvalue weighted by molar-refractivity contribution is -0.135. The molecule has 3 N–H and O–H groups in total. The maximum Gasteiger partial charge on any atom is 0.389 e. The molecule has 0 heterocycles. The zero-order chi connectivity index (χ0) is 14.5. The van der Waals surface area contributed by atoms with Gasteiger partial charge < -0.3 is 11.1 Å². The molecule has 0 bridgehead atoms. The summed E-state index contributed by atoms with van der Waals surface area (Å²) in [5.41, 5.74) is 6.14. The minimum absolute atomic E-state index is 0.0194. The van der Waals surface area contributed by atoms with Crippen molar-refractivity contribution in [1.82, 2.24) is 5.32 Å². The van der Waals surface area contributed by atoms with Gasteiger partial charge in [-0.1, -0.05) is 11.6 Å². The van der Waals surface area contributed by atoms with Crippen molar-refractivity contribution in [3.8, 4) is 0 Å². The van der Waals surface area contributed by atoms with E-state index in [0.29, 0.717) is 5.69 Å². The smallest absolute Gasteiger partial charge is 0.389 e. The van der Waals surface area contributed by atoms with E-state index >= 15 is 0 Å². The third kappa shape index (κ3) is 5.83. The highest BCUT2D eigenvalue weighted by molar-refractivity contribution is 6.34. The van der Waals surface area contributed by atoms with Crippen molar-refractivity contribution in [2.24, 2.45) is 0 Å². The number of carbonyl (C=O) groups is 1. The highest BCUT2D eigenvalue weighted by atomic mass is 35.5. The summed E-state index contributed by atoms with van der Waals surface area (Å²) in [6.45, 7) is 0.167. The van der Waals surface area contributed by atoms with Gasteiger partial charge in [0, 0.05) is 18.7 Å². The number of rotatable bonds is 5.